The van der Waals surface area contributed by atoms with E-state index >= 15 is 0 Å². The Balaban J connectivity index is 1.88. The van der Waals surface area contributed by atoms with E-state index in [4.69, 9.17) is 0 Å². The average molecular weight is 299 g/mol. The summed E-state index contributed by atoms with van der Waals surface area (Å²) in [5.74, 6) is 0.632. The first-order valence-electron chi connectivity index (χ1n) is 7.92. The minimum Gasteiger partial charge on any atom is -0.309 e. The minimum absolute atomic E-state index is 0.247. The summed E-state index contributed by atoms with van der Waals surface area (Å²) in [7, 11) is 0. The quantitative estimate of drug-likeness (QED) is 0.834. The van der Waals surface area contributed by atoms with Gasteiger partial charge < -0.3 is 5.32 Å². The van der Waals surface area contributed by atoms with E-state index in [0.29, 0.717) is 12.0 Å². The molecule has 21 heavy (non-hydrogen) atoms. The van der Waals surface area contributed by atoms with Gasteiger partial charge in [-0.3, -0.25) is 0 Å². The number of hydrogen-bond acceptors (Lipinski definition) is 2. The summed E-state index contributed by atoms with van der Waals surface area (Å²) < 4.78 is 0. The zero-order valence-corrected chi connectivity index (χ0v) is 14.3. The molecule has 2 heteroatoms. The Labute approximate surface area is 132 Å². The van der Waals surface area contributed by atoms with Crippen LogP contribution in [0.1, 0.15) is 60.5 Å². The lowest BCUT2D eigenvalue weighted by Crippen LogP contribution is -2.32. The standard InChI is InChI=1S/C19H25NS/c1-5-20-18(15-12-13-8-6-7-9-14(13)15)16-10-11-17(21-16)19(2,3)4/h6-11,15,18,20H,5,12H2,1-4H3. The second-order valence-electron chi connectivity index (χ2n) is 7.00. The van der Waals surface area contributed by atoms with Crippen molar-refractivity contribution in [2.75, 3.05) is 6.54 Å². The Morgan fingerprint density at radius 3 is 2.57 bits per heavy atom. The molecule has 1 nitrogen and oxygen atoms in total. The summed E-state index contributed by atoms with van der Waals surface area (Å²) in [4.78, 5) is 2.97. The molecule has 1 aliphatic carbocycles. The lowest BCUT2D eigenvalue weighted by Gasteiger charge is -2.36. The number of hydrogen-bond donors (Lipinski definition) is 1. The number of nitrogens with one attached hydrogen (secondary N) is 1. The van der Waals surface area contributed by atoms with Crippen molar-refractivity contribution in [3.05, 3.63) is 57.3 Å². The number of thiophene rings is 1. The van der Waals surface area contributed by atoms with Gasteiger partial charge in [0, 0.05) is 21.7 Å². The number of likely N-dealkylation sites (N-methyl/N-ethyl adjacent to an activating group) is 1. The van der Waals surface area contributed by atoms with Gasteiger partial charge in [-0.25, -0.2) is 0 Å². The van der Waals surface area contributed by atoms with Crippen LogP contribution >= 0.6 is 11.3 Å². The van der Waals surface area contributed by atoms with Gasteiger partial charge in [0.1, 0.15) is 0 Å². The Morgan fingerprint density at radius 2 is 1.95 bits per heavy atom. The zero-order valence-electron chi connectivity index (χ0n) is 13.4. The van der Waals surface area contributed by atoms with Gasteiger partial charge in [0.15, 0.2) is 0 Å². The van der Waals surface area contributed by atoms with Gasteiger partial charge in [0.25, 0.3) is 0 Å². The monoisotopic (exact) mass is 299 g/mol. The first-order chi connectivity index (χ1) is 10.0. The van der Waals surface area contributed by atoms with Crippen molar-refractivity contribution in [2.45, 2.75) is 51.5 Å². The van der Waals surface area contributed by atoms with Crippen molar-refractivity contribution in [1.29, 1.82) is 0 Å². The maximum Gasteiger partial charge on any atom is 0.0487 e. The average Bonchev–Trinajstić information content (AvgIpc) is 2.88. The first kappa shape index (κ1) is 14.8. The van der Waals surface area contributed by atoms with Crippen molar-refractivity contribution in [3.63, 3.8) is 0 Å². The van der Waals surface area contributed by atoms with Gasteiger partial charge in [-0.2, -0.15) is 0 Å². The predicted octanol–water partition coefficient (Wildman–Crippen LogP) is 5.04. The Bertz CT molecular complexity index is 620. The van der Waals surface area contributed by atoms with Crippen molar-refractivity contribution in [2.24, 2.45) is 0 Å². The molecule has 0 bridgehead atoms. The van der Waals surface area contributed by atoms with Gasteiger partial charge in [0.05, 0.1) is 0 Å². The maximum absolute atomic E-state index is 3.72. The van der Waals surface area contributed by atoms with Crippen LogP contribution in [-0.4, -0.2) is 6.54 Å². The summed E-state index contributed by atoms with van der Waals surface area (Å²) in [5, 5.41) is 3.72. The minimum atomic E-state index is 0.247. The number of benzene rings is 1. The van der Waals surface area contributed by atoms with Crippen LogP contribution in [0.4, 0.5) is 0 Å². The van der Waals surface area contributed by atoms with E-state index in [9.17, 15) is 0 Å². The molecule has 1 aromatic carbocycles. The number of rotatable bonds is 4. The lowest BCUT2D eigenvalue weighted by molar-refractivity contribution is 0.425. The summed E-state index contributed by atoms with van der Waals surface area (Å²) in [6.45, 7) is 10.1. The molecule has 0 saturated carbocycles. The fourth-order valence-corrected chi connectivity index (χ4v) is 4.39. The maximum atomic E-state index is 3.72. The third-order valence-corrected chi connectivity index (χ3v) is 5.99. The van der Waals surface area contributed by atoms with Crippen LogP contribution in [-0.2, 0) is 11.8 Å². The molecular formula is C19H25NS. The molecule has 112 valence electrons. The van der Waals surface area contributed by atoms with E-state index in [-0.39, 0.29) is 5.41 Å². The van der Waals surface area contributed by atoms with E-state index in [1.54, 1.807) is 0 Å². The van der Waals surface area contributed by atoms with Gasteiger partial charge >= 0.3 is 0 Å². The van der Waals surface area contributed by atoms with E-state index in [0.717, 1.165) is 6.54 Å². The fourth-order valence-electron chi connectivity index (χ4n) is 3.18. The van der Waals surface area contributed by atoms with Crippen LogP contribution in [0.2, 0.25) is 0 Å². The van der Waals surface area contributed by atoms with Crippen molar-refractivity contribution >= 4 is 11.3 Å². The normalized spacial score (nSPS) is 19.0. The third-order valence-electron chi connectivity index (χ3n) is 4.39. The van der Waals surface area contributed by atoms with Crippen LogP contribution in [0.5, 0.6) is 0 Å². The van der Waals surface area contributed by atoms with E-state index in [1.807, 2.05) is 11.3 Å². The lowest BCUT2D eigenvalue weighted by atomic mass is 9.73. The van der Waals surface area contributed by atoms with Gasteiger partial charge in [-0.15, -0.1) is 11.3 Å². The second-order valence-corrected chi connectivity index (χ2v) is 8.11. The Kier molecular flexibility index (Phi) is 3.94. The molecule has 1 N–H and O–H groups in total. The predicted molar refractivity (Wildman–Crippen MR) is 92.3 cm³/mol. The molecule has 2 atom stereocenters. The molecule has 1 aliphatic rings. The summed E-state index contributed by atoms with van der Waals surface area (Å²) >= 11 is 1.98. The third kappa shape index (κ3) is 2.79. The molecule has 0 aliphatic heterocycles. The first-order valence-corrected chi connectivity index (χ1v) is 8.73. The molecule has 0 saturated heterocycles. The van der Waals surface area contributed by atoms with Crippen LogP contribution in [0, 0.1) is 0 Å². The molecule has 0 fully saturated rings. The molecule has 1 aromatic heterocycles. The highest BCUT2D eigenvalue weighted by molar-refractivity contribution is 7.12. The van der Waals surface area contributed by atoms with Crippen LogP contribution in [0.25, 0.3) is 0 Å². The van der Waals surface area contributed by atoms with Crippen LogP contribution in [0.3, 0.4) is 0 Å². The Morgan fingerprint density at radius 1 is 1.19 bits per heavy atom. The SMILES string of the molecule is CCNC(c1ccc(C(C)(C)C)s1)C1Cc2ccccc21. The largest absolute Gasteiger partial charge is 0.309 e. The highest BCUT2D eigenvalue weighted by atomic mass is 32.1. The molecular weight excluding hydrogens is 274 g/mol. The smallest absolute Gasteiger partial charge is 0.0487 e. The van der Waals surface area contributed by atoms with E-state index in [1.165, 1.54) is 27.3 Å². The van der Waals surface area contributed by atoms with Gasteiger partial charge in [0.2, 0.25) is 0 Å². The van der Waals surface area contributed by atoms with Crippen LogP contribution in [0.15, 0.2) is 36.4 Å². The Hall–Kier alpha value is -1.12. The van der Waals surface area contributed by atoms with Crippen LogP contribution < -0.4 is 5.32 Å². The summed E-state index contributed by atoms with van der Waals surface area (Å²) in [6.07, 6.45) is 1.20. The second kappa shape index (κ2) is 5.58. The van der Waals surface area contributed by atoms with Crippen molar-refractivity contribution in [1.82, 2.24) is 5.32 Å². The molecule has 2 aromatic rings. The van der Waals surface area contributed by atoms with Gasteiger partial charge in [-0.05, 0) is 41.6 Å². The van der Waals surface area contributed by atoms with Crippen molar-refractivity contribution in [3.8, 4) is 0 Å². The highest BCUT2D eigenvalue weighted by Gasteiger charge is 2.34. The van der Waals surface area contributed by atoms with Gasteiger partial charge in [-0.1, -0.05) is 52.0 Å². The molecule has 0 spiro atoms. The molecule has 3 rings (SSSR count). The summed E-state index contributed by atoms with van der Waals surface area (Å²) in [6, 6.07) is 14.0. The van der Waals surface area contributed by atoms with E-state index < -0.39 is 0 Å². The molecule has 0 radical (unpaired) electrons. The molecule has 0 amide bonds. The van der Waals surface area contributed by atoms with Crippen molar-refractivity contribution < 1.29 is 0 Å². The molecule has 2 unspecified atom stereocenters. The molecule has 1 heterocycles. The topological polar surface area (TPSA) is 12.0 Å². The fraction of sp³-hybridized carbons (Fsp3) is 0.474. The highest BCUT2D eigenvalue weighted by Crippen LogP contribution is 2.45. The summed E-state index contributed by atoms with van der Waals surface area (Å²) in [5.41, 5.74) is 3.31. The number of fused-ring (bicyclic) bond motifs is 1. The zero-order chi connectivity index (χ0) is 15.0. The van der Waals surface area contributed by atoms with E-state index in [2.05, 4.69) is 69.4 Å².